The number of piperidine rings is 1. The van der Waals surface area contributed by atoms with Gasteiger partial charge in [-0.2, -0.15) is 0 Å². The van der Waals surface area contributed by atoms with Gasteiger partial charge in [-0.05, 0) is 73.8 Å². The Morgan fingerprint density at radius 1 is 0.900 bits per heavy atom. The number of hydrogen-bond donors (Lipinski definition) is 2. The Labute approximate surface area is 232 Å². The van der Waals surface area contributed by atoms with Crippen LogP contribution in [0.15, 0.2) is 30.3 Å². The maximum absolute atomic E-state index is 13.7. The number of carbonyl (C=O) groups excluding carboxylic acids is 5. The molecule has 208 valence electrons. The van der Waals surface area contributed by atoms with Crippen molar-refractivity contribution in [2.24, 2.45) is 0 Å². The predicted molar refractivity (Wildman–Crippen MR) is 147 cm³/mol. The summed E-state index contributed by atoms with van der Waals surface area (Å²) in [5, 5.41) is 5.69. The van der Waals surface area contributed by atoms with Crippen LogP contribution in [-0.2, 0) is 25.5 Å². The Kier molecular flexibility index (Phi) is 6.66. The molecule has 40 heavy (non-hydrogen) atoms. The van der Waals surface area contributed by atoms with E-state index in [1.807, 2.05) is 6.07 Å². The smallest absolute Gasteiger partial charge is 0.264 e. The standard InChI is InChI=1S/C30H32N4O6/c1-33-24-15-22(20(14-17(24)8-13-26(33)36)16-6-9-18(40-2)10-7-16)31-21-5-3-4-19-27(21)30(39)34(29(19)38)23-11-12-25(35)32-28(23)37/h3-5,14-16,18,23,31H,6-13H2,1-2H3,(H,32,35,37). The molecule has 4 aliphatic rings. The van der Waals surface area contributed by atoms with Gasteiger partial charge in [0, 0.05) is 38.4 Å². The zero-order valence-corrected chi connectivity index (χ0v) is 22.6. The van der Waals surface area contributed by atoms with Crippen LogP contribution in [-0.4, -0.2) is 60.7 Å². The molecule has 0 aromatic heterocycles. The lowest BCUT2D eigenvalue weighted by molar-refractivity contribution is -0.136. The summed E-state index contributed by atoms with van der Waals surface area (Å²) in [4.78, 5) is 66.3. The minimum absolute atomic E-state index is 0.0491. The van der Waals surface area contributed by atoms with Crippen LogP contribution in [0.4, 0.5) is 17.1 Å². The van der Waals surface area contributed by atoms with Crippen LogP contribution in [0.5, 0.6) is 0 Å². The third kappa shape index (κ3) is 4.36. The Morgan fingerprint density at radius 2 is 1.68 bits per heavy atom. The van der Waals surface area contributed by atoms with Gasteiger partial charge in [-0.3, -0.25) is 34.2 Å². The Hall–Kier alpha value is -4.05. The number of carbonyl (C=O) groups is 5. The Morgan fingerprint density at radius 3 is 2.40 bits per heavy atom. The van der Waals surface area contributed by atoms with Gasteiger partial charge in [0.1, 0.15) is 6.04 Å². The number of ether oxygens (including phenoxy) is 1. The van der Waals surface area contributed by atoms with E-state index in [1.54, 1.807) is 37.3 Å². The van der Waals surface area contributed by atoms with Gasteiger partial charge in [0.15, 0.2) is 0 Å². The largest absolute Gasteiger partial charge is 0.381 e. The zero-order chi connectivity index (χ0) is 28.1. The van der Waals surface area contributed by atoms with Crippen molar-refractivity contribution in [2.45, 2.75) is 69.4 Å². The number of imide groups is 2. The highest BCUT2D eigenvalue weighted by atomic mass is 16.5. The van der Waals surface area contributed by atoms with E-state index >= 15 is 0 Å². The van der Waals surface area contributed by atoms with Crippen LogP contribution >= 0.6 is 0 Å². The maximum Gasteiger partial charge on any atom is 0.264 e. The van der Waals surface area contributed by atoms with E-state index < -0.39 is 29.7 Å². The fourth-order valence-electron chi connectivity index (χ4n) is 6.53. The van der Waals surface area contributed by atoms with Gasteiger partial charge in [-0.15, -0.1) is 0 Å². The third-order valence-corrected chi connectivity index (χ3v) is 8.78. The summed E-state index contributed by atoms with van der Waals surface area (Å²) >= 11 is 0. The van der Waals surface area contributed by atoms with Crippen molar-refractivity contribution >= 4 is 46.6 Å². The molecule has 10 heteroatoms. The van der Waals surface area contributed by atoms with Gasteiger partial charge in [0.05, 0.1) is 22.9 Å². The van der Waals surface area contributed by atoms with E-state index in [0.717, 1.165) is 53.1 Å². The fourth-order valence-corrected chi connectivity index (χ4v) is 6.53. The van der Waals surface area contributed by atoms with Crippen LogP contribution in [0.3, 0.4) is 0 Å². The molecule has 3 aliphatic heterocycles. The second-order valence-electron chi connectivity index (χ2n) is 11.0. The van der Waals surface area contributed by atoms with Crippen molar-refractivity contribution in [1.82, 2.24) is 10.2 Å². The molecular formula is C30H32N4O6. The number of nitrogens with zero attached hydrogens (tertiary/aromatic N) is 2. The van der Waals surface area contributed by atoms with E-state index in [1.165, 1.54) is 0 Å². The summed E-state index contributed by atoms with van der Waals surface area (Å²) in [6.07, 6.45) is 5.34. The summed E-state index contributed by atoms with van der Waals surface area (Å²) in [6, 6.07) is 8.16. The lowest BCUT2D eigenvalue weighted by atomic mass is 9.80. The average Bonchev–Trinajstić information content (AvgIpc) is 3.21. The molecule has 1 saturated carbocycles. The molecule has 0 radical (unpaired) electrons. The number of aryl methyl sites for hydroxylation is 1. The molecule has 3 heterocycles. The predicted octanol–water partition coefficient (Wildman–Crippen LogP) is 3.41. The van der Waals surface area contributed by atoms with Crippen LogP contribution < -0.4 is 15.5 Å². The van der Waals surface area contributed by atoms with E-state index in [2.05, 4.69) is 16.7 Å². The highest BCUT2D eigenvalue weighted by molar-refractivity contribution is 6.25. The van der Waals surface area contributed by atoms with Crippen molar-refractivity contribution in [3.63, 3.8) is 0 Å². The highest BCUT2D eigenvalue weighted by Gasteiger charge is 2.45. The molecule has 2 aromatic rings. The molecule has 0 spiro atoms. The average molecular weight is 545 g/mol. The third-order valence-electron chi connectivity index (χ3n) is 8.78. The second kappa shape index (κ2) is 10.2. The number of rotatable bonds is 5. The molecule has 2 aromatic carbocycles. The highest BCUT2D eigenvalue weighted by Crippen LogP contribution is 2.43. The summed E-state index contributed by atoms with van der Waals surface area (Å²) < 4.78 is 5.58. The number of amides is 5. The van der Waals surface area contributed by atoms with Gasteiger partial charge in [0.2, 0.25) is 17.7 Å². The number of hydrogen-bond acceptors (Lipinski definition) is 7. The van der Waals surface area contributed by atoms with Crippen molar-refractivity contribution in [3.05, 3.63) is 52.6 Å². The molecule has 1 saturated heterocycles. The molecule has 2 N–H and O–H groups in total. The van der Waals surface area contributed by atoms with Gasteiger partial charge >= 0.3 is 0 Å². The summed E-state index contributed by atoms with van der Waals surface area (Å²) in [5.41, 5.74) is 4.72. The van der Waals surface area contributed by atoms with Gasteiger partial charge < -0.3 is 15.0 Å². The first-order chi connectivity index (χ1) is 19.3. The molecule has 2 fully saturated rings. The minimum atomic E-state index is -1.03. The number of nitrogens with one attached hydrogen (secondary N) is 2. The summed E-state index contributed by atoms with van der Waals surface area (Å²) in [7, 11) is 3.52. The zero-order valence-electron chi connectivity index (χ0n) is 22.6. The van der Waals surface area contributed by atoms with Crippen molar-refractivity contribution in [1.29, 1.82) is 0 Å². The molecule has 1 aliphatic carbocycles. The van der Waals surface area contributed by atoms with Crippen LogP contribution in [0.2, 0.25) is 0 Å². The summed E-state index contributed by atoms with van der Waals surface area (Å²) in [5.74, 6) is -1.85. The number of fused-ring (bicyclic) bond motifs is 2. The molecule has 1 unspecified atom stereocenters. The van der Waals surface area contributed by atoms with Crippen molar-refractivity contribution in [2.75, 3.05) is 24.4 Å². The SMILES string of the molecule is COC1CCC(c2cc3c(cc2Nc2cccc4c2C(=O)N(C2CCC(=O)NC2=O)C4=O)N(C)C(=O)CC3)CC1. The molecule has 5 amide bonds. The monoisotopic (exact) mass is 544 g/mol. The molecule has 6 rings (SSSR count). The van der Waals surface area contributed by atoms with Crippen LogP contribution in [0.1, 0.15) is 82.7 Å². The first-order valence-corrected chi connectivity index (χ1v) is 13.8. The first-order valence-electron chi connectivity index (χ1n) is 13.8. The molecule has 0 bridgehead atoms. The first kappa shape index (κ1) is 26.2. The molecule has 10 nitrogen and oxygen atoms in total. The lowest BCUT2D eigenvalue weighted by Crippen LogP contribution is -2.54. The second-order valence-corrected chi connectivity index (χ2v) is 11.0. The Balaban J connectivity index is 1.38. The number of benzene rings is 2. The van der Waals surface area contributed by atoms with Crippen molar-refractivity contribution < 1.29 is 28.7 Å². The lowest BCUT2D eigenvalue weighted by Gasteiger charge is -2.32. The van der Waals surface area contributed by atoms with Crippen LogP contribution in [0.25, 0.3) is 0 Å². The van der Waals surface area contributed by atoms with Crippen molar-refractivity contribution in [3.8, 4) is 0 Å². The quantitative estimate of drug-likeness (QED) is 0.553. The van der Waals surface area contributed by atoms with E-state index in [9.17, 15) is 24.0 Å². The summed E-state index contributed by atoms with van der Waals surface area (Å²) in [6.45, 7) is 0. The van der Waals surface area contributed by atoms with Gasteiger partial charge in [0.25, 0.3) is 11.8 Å². The molecule has 1 atom stereocenters. The normalized spacial score (nSPS) is 24.6. The number of methoxy groups -OCH3 is 1. The van der Waals surface area contributed by atoms with E-state index in [-0.39, 0.29) is 41.9 Å². The number of anilines is 3. The van der Waals surface area contributed by atoms with E-state index in [4.69, 9.17) is 4.74 Å². The van der Waals surface area contributed by atoms with Gasteiger partial charge in [-0.25, -0.2) is 0 Å². The van der Waals surface area contributed by atoms with Gasteiger partial charge in [-0.1, -0.05) is 12.1 Å². The minimum Gasteiger partial charge on any atom is -0.381 e. The van der Waals surface area contributed by atoms with Crippen LogP contribution in [0, 0.1) is 0 Å². The Bertz CT molecular complexity index is 1440. The topological polar surface area (TPSA) is 125 Å². The maximum atomic E-state index is 13.7. The molecular weight excluding hydrogens is 512 g/mol. The van der Waals surface area contributed by atoms with E-state index in [0.29, 0.717) is 18.5 Å². The fraction of sp³-hybridized carbons (Fsp3) is 0.433.